The van der Waals surface area contributed by atoms with Crippen LogP contribution in [0.15, 0.2) is 18.2 Å². The topological polar surface area (TPSA) is 40.5 Å². The van der Waals surface area contributed by atoms with Gasteiger partial charge in [-0.1, -0.05) is 30.2 Å². The third-order valence-electron chi connectivity index (χ3n) is 3.82. The van der Waals surface area contributed by atoms with Crippen LogP contribution < -0.4 is 0 Å². The molecule has 0 atom stereocenters. The van der Waals surface area contributed by atoms with Gasteiger partial charge in [0.05, 0.1) is 0 Å². The number of aliphatic carboxylic acids is 1. The first-order valence-corrected chi connectivity index (χ1v) is 7.74. The fourth-order valence-corrected chi connectivity index (χ4v) is 2.94. The highest BCUT2D eigenvalue weighted by Crippen LogP contribution is 2.22. The first-order chi connectivity index (χ1) is 9.65. The predicted molar refractivity (Wildman–Crippen MR) is 81.2 cm³/mol. The van der Waals surface area contributed by atoms with Gasteiger partial charge in [-0.15, -0.1) is 0 Å². The third kappa shape index (κ3) is 4.80. The Balaban J connectivity index is 1.89. The van der Waals surface area contributed by atoms with E-state index < -0.39 is 5.97 Å². The average Bonchev–Trinajstić information content (AvgIpc) is 2.42. The zero-order chi connectivity index (χ0) is 14.4. The largest absolute Gasteiger partial charge is 0.481 e. The number of aryl methyl sites for hydroxylation is 1. The van der Waals surface area contributed by atoms with E-state index in [1.54, 1.807) is 0 Å². The van der Waals surface area contributed by atoms with Crippen LogP contribution in [0.5, 0.6) is 0 Å². The molecular weight excluding hydrogens is 274 g/mol. The zero-order valence-corrected chi connectivity index (χ0v) is 12.5. The van der Waals surface area contributed by atoms with E-state index in [2.05, 4.69) is 17.0 Å². The summed E-state index contributed by atoms with van der Waals surface area (Å²) < 4.78 is 0. The summed E-state index contributed by atoms with van der Waals surface area (Å²) in [5.41, 5.74) is 2.30. The second kappa shape index (κ2) is 7.65. The molecule has 1 aromatic rings. The molecule has 1 aliphatic rings. The lowest BCUT2D eigenvalue weighted by Crippen LogP contribution is -2.29. The maximum atomic E-state index is 10.5. The molecule has 0 radical (unpaired) electrons. The van der Waals surface area contributed by atoms with Gasteiger partial charge in [0.25, 0.3) is 0 Å². The summed E-state index contributed by atoms with van der Waals surface area (Å²) in [6.07, 6.45) is 5.56. The number of hydrogen-bond donors (Lipinski definition) is 1. The van der Waals surface area contributed by atoms with Gasteiger partial charge in [0.15, 0.2) is 0 Å². The van der Waals surface area contributed by atoms with E-state index in [9.17, 15) is 4.79 Å². The van der Waals surface area contributed by atoms with Crippen molar-refractivity contribution in [3.63, 3.8) is 0 Å². The molecule has 0 spiro atoms. The van der Waals surface area contributed by atoms with E-state index in [0.717, 1.165) is 36.6 Å². The van der Waals surface area contributed by atoms with Gasteiger partial charge in [0.2, 0.25) is 0 Å². The van der Waals surface area contributed by atoms with Crippen molar-refractivity contribution in [2.24, 2.45) is 0 Å². The normalized spacial score (nSPS) is 16.2. The molecule has 1 aromatic carbocycles. The number of carboxylic acid groups (broad SMARTS) is 1. The molecule has 1 N–H and O–H groups in total. The summed E-state index contributed by atoms with van der Waals surface area (Å²) in [6, 6.07) is 6.16. The lowest BCUT2D eigenvalue weighted by Gasteiger charge is -2.26. The van der Waals surface area contributed by atoms with Gasteiger partial charge in [-0.25, -0.2) is 0 Å². The fourth-order valence-electron chi connectivity index (χ4n) is 2.68. The van der Waals surface area contributed by atoms with Crippen LogP contribution in [0.3, 0.4) is 0 Å². The second-order valence-corrected chi connectivity index (χ2v) is 5.92. The Morgan fingerprint density at radius 3 is 2.65 bits per heavy atom. The van der Waals surface area contributed by atoms with Crippen LogP contribution in [-0.2, 0) is 17.8 Å². The van der Waals surface area contributed by atoms with Crippen LogP contribution in [-0.4, -0.2) is 29.1 Å². The number of piperidine rings is 1. The molecule has 0 saturated carbocycles. The lowest BCUT2D eigenvalue weighted by atomic mass is 10.0. The monoisotopic (exact) mass is 295 g/mol. The first kappa shape index (κ1) is 15.3. The molecule has 1 aliphatic heterocycles. The Hall–Kier alpha value is -1.06. The van der Waals surface area contributed by atoms with Crippen LogP contribution in [0.1, 0.15) is 43.2 Å². The molecule has 0 aromatic heterocycles. The highest BCUT2D eigenvalue weighted by Gasteiger charge is 2.12. The minimum atomic E-state index is -0.738. The van der Waals surface area contributed by atoms with E-state index in [4.69, 9.17) is 16.7 Å². The van der Waals surface area contributed by atoms with E-state index in [0.29, 0.717) is 6.42 Å². The molecule has 0 aliphatic carbocycles. The Morgan fingerprint density at radius 1 is 1.25 bits per heavy atom. The first-order valence-electron chi connectivity index (χ1n) is 7.36. The molecule has 3 nitrogen and oxygen atoms in total. The molecule has 1 fully saturated rings. The fraction of sp³-hybridized carbons (Fsp3) is 0.562. The quantitative estimate of drug-likeness (QED) is 0.869. The van der Waals surface area contributed by atoms with E-state index >= 15 is 0 Å². The number of hydrogen-bond acceptors (Lipinski definition) is 2. The molecule has 4 heteroatoms. The van der Waals surface area contributed by atoms with Crippen LogP contribution in [0.4, 0.5) is 0 Å². The predicted octanol–water partition coefficient (Wildman–Crippen LogP) is 3.73. The van der Waals surface area contributed by atoms with Crippen LogP contribution in [0.2, 0.25) is 5.02 Å². The van der Waals surface area contributed by atoms with Crippen molar-refractivity contribution < 1.29 is 9.90 Å². The highest BCUT2D eigenvalue weighted by atomic mass is 35.5. The number of benzene rings is 1. The minimum absolute atomic E-state index is 0.215. The summed E-state index contributed by atoms with van der Waals surface area (Å²) in [6.45, 7) is 3.25. The minimum Gasteiger partial charge on any atom is -0.481 e. The SMILES string of the molecule is O=C(O)CCCc1ccc(CN2CCCCC2)c(Cl)c1. The smallest absolute Gasteiger partial charge is 0.303 e. The van der Waals surface area contributed by atoms with Gasteiger partial charge in [0, 0.05) is 18.0 Å². The van der Waals surface area contributed by atoms with Gasteiger partial charge in [-0.3, -0.25) is 9.69 Å². The maximum Gasteiger partial charge on any atom is 0.303 e. The summed E-state index contributed by atoms with van der Waals surface area (Å²) >= 11 is 6.35. The van der Waals surface area contributed by atoms with Crippen molar-refractivity contribution in [1.82, 2.24) is 4.90 Å². The van der Waals surface area contributed by atoms with Crippen molar-refractivity contribution in [2.45, 2.75) is 45.1 Å². The average molecular weight is 296 g/mol. The molecule has 110 valence electrons. The summed E-state index contributed by atoms with van der Waals surface area (Å²) in [5, 5.41) is 9.45. The van der Waals surface area contributed by atoms with Gasteiger partial charge in [0.1, 0.15) is 0 Å². The van der Waals surface area contributed by atoms with Crippen LogP contribution in [0, 0.1) is 0 Å². The molecule has 2 rings (SSSR count). The zero-order valence-electron chi connectivity index (χ0n) is 11.8. The van der Waals surface area contributed by atoms with Crippen molar-refractivity contribution in [1.29, 1.82) is 0 Å². The van der Waals surface area contributed by atoms with Crippen molar-refractivity contribution in [3.05, 3.63) is 34.3 Å². The molecule has 20 heavy (non-hydrogen) atoms. The van der Waals surface area contributed by atoms with Crippen molar-refractivity contribution in [2.75, 3.05) is 13.1 Å². The van der Waals surface area contributed by atoms with Gasteiger partial charge >= 0.3 is 5.97 Å². The highest BCUT2D eigenvalue weighted by molar-refractivity contribution is 6.31. The number of likely N-dealkylation sites (tertiary alicyclic amines) is 1. The Bertz CT molecular complexity index is 456. The van der Waals surface area contributed by atoms with E-state index in [1.807, 2.05) is 6.07 Å². The summed E-state index contributed by atoms with van der Waals surface area (Å²) in [5.74, 6) is -0.738. The van der Waals surface area contributed by atoms with Gasteiger partial charge < -0.3 is 5.11 Å². The maximum absolute atomic E-state index is 10.5. The molecule has 1 heterocycles. The van der Waals surface area contributed by atoms with Crippen LogP contribution in [0.25, 0.3) is 0 Å². The number of rotatable bonds is 6. The Morgan fingerprint density at radius 2 is 2.00 bits per heavy atom. The summed E-state index contributed by atoms with van der Waals surface area (Å²) in [7, 11) is 0. The van der Waals surface area contributed by atoms with Crippen LogP contribution >= 0.6 is 11.6 Å². The molecule has 0 bridgehead atoms. The molecule has 0 unspecified atom stereocenters. The second-order valence-electron chi connectivity index (χ2n) is 5.51. The Labute approximate surface area is 125 Å². The molecular formula is C16H22ClNO2. The van der Waals surface area contributed by atoms with E-state index in [1.165, 1.54) is 24.8 Å². The summed E-state index contributed by atoms with van der Waals surface area (Å²) in [4.78, 5) is 13.0. The van der Waals surface area contributed by atoms with Crippen molar-refractivity contribution >= 4 is 17.6 Å². The Kier molecular flexibility index (Phi) is 5.86. The van der Waals surface area contributed by atoms with Gasteiger partial charge in [-0.05, 0) is 56.0 Å². The van der Waals surface area contributed by atoms with E-state index in [-0.39, 0.29) is 6.42 Å². The number of nitrogens with zero attached hydrogens (tertiary/aromatic N) is 1. The molecule has 0 amide bonds. The number of halogens is 1. The van der Waals surface area contributed by atoms with Gasteiger partial charge in [-0.2, -0.15) is 0 Å². The number of carbonyl (C=O) groups is 1. The lowest BCUT2D eigenvalue weighted by molar-refractivity contribution is -0.137. The third-order valence-corrected chi connectivity index (χ3v) is 4.17. The van der Waals surface area contributed by atoms with Crippen molar-refractivity contribution in [3.8, 4) is 0 Å². The molecule has 1 saturated heterocycles. The standard InChI is InChI=1S/C16H22ClNO2/c17-15-11-13(5-4-6-16(19)20)7-8-14(15)12-18-9-2-1-3-10-18/h7-8,11H,1-6,9-10,12H2,(H,19,20). The number of carboxylic acids is 1.